The molecule has 0 aliphatic carbocycles. The fourth-order valence-electron chi connectivity index (χ4n) is 4.77. The summed E-state index contributed by atoms with van der Waals surface area (Å²) in [5.74, 6) is -1.01. The molecule has 1 unspecified atom stereocenters. The van der Waals surface area contributed by atoms with Crippen molar-refractivity contribution in [3.05, 3.63) is 71.0 Å². The van der Waals surface area contributed by atoms with Crippen LogP contribution in [0.25, 0.3) is 0 Å². The van der Waals surface area contributed by atoms with Crippen molar-refractivity contribution in [2.45, 2.75) is 38.6 Å². The summed E-state index contributed by atoms with van der Waals surface area (Å²) in [5, 5.41) is 3.01. The van der Waals surface area contributed by atoms with E-state index in [1.807, 2.05) is 30.0 Å². The summed E-state index contributed by atoms with van der Waals surface area (Å²) >= 11 is 0. The van der Waals surface area contributed by atoms with Gasteiger partial charge in [-0.2, -0.15) is 0 Å². The van der Waals surface area contributed by atoms with Gasteiger partial charge in [0.25, 0.3) is 11.8 Å². The molecule has 2 aliphatic rings. The van der Waals surface area contributed by atoms with E-state index in [9.17, 15) is 18.8 Å². The number of carbonyl (C=O) groups excluding carboxylic acids is 3. The summed E-state index contributed by atoms with van der Waals surface area (Å²) in [4.78, 5) is 42.6. The van der Waals surface area contributed by atoms with Gasteiger partial charge in [-0.25, -0.2) is 4.39 Å². The first-order valence-corrected chi connectivity index (χ1v) is 11.6. The van der Waals surface area contributed by atoms with Crippen molar-refractivity contribution in [1.82, 2.24) is 15.1 Å². The number of amides is 3. The number of hydrogen-bond acceptors (Lipinski definition) is 3. The lowest BCUT2D eigenvalue weighted by atomic mass is 9.88. The first-order chi connectivity index (χ1) is 15.9. The topological polar surface area (TPSA) is 69.7 Å². The van der Waals surface area contributed by atoms with Crippen molar-refractivity contribution in [1.29, 1.82) is 0 Å². The molecule has 0 spiro atoms. The van der Waals surface area contributed by atoms with Crippen LogP contribution in [0.1, 0.15) is 52.0 Å². The normalized spacial score (nSPS) is 17.6. The summed E-state index contributed by atoms with van der Waals surface area (Å²) < 4.78 is 13.5. The number of nitrogens with one attached hydrogen (secondary N) is 1. The Morgan fingerprint density at radius 1 is 0.909 bits per heavy atom. The minimum absolute atomic E-state index is 0.0385. The second-order valence-corrected chi connectivity index (χ2v) is 8.99. The molecular weight excluding hydrogens is 421 g/mol. The quantitative estimate of drug-likeness (QED) is 0.758. The molecule has 33 heavy (non-hydrogen) atoms. The van der Waals surface area contributed by atoms with Gasteiger partial charge in [-0.15, -0.1) is 0 Å². The number of rotatable bonds is 5. The van der Waals surface area contributed by atoms with E-state index in [1.54, 1.807) is 17.0 Å². The standard InChI is InChI=1S/C26H30FN3O3/c1-18-6-4-7-20(16-18)24(31)28-23(26(33)29-12-2-3-13-29)19-10-14-30(15-11-19)25(32)21-8-5-9-22(27)17-21/h4-9,16-17,19,23H,2-3,10-15H2,1H3,(H,28,31). The molecule has 2 aromatic carbocycles. The summed E-state index contributed by atoms with van der Waals surface area (Å²) in [6.07, 6.45) is 3.15. The van der Waals surface area contributed by atoms with Crippen molar-refractivity contribution in [3.63, 3.8) is 0 Å². The molecule has 2 heterocycles. The summed E-state index contributed by atoms with van der Waals surface area (Å²) in [6.45, 7) is 4.28. The predicted molar refractivity (Wildman–Crippen MR) is 123 cm³/mol. The van der Waals surface area contributed by atoms with Crippen LogP contribution in [0.3, 0.4) is 0 Å². The van der Waals surface area contributed by atoms with Gasteiger partial charge >= 0.3 is 0 Å². The van der Waals surface area contributed by atoms with Crippen molar-refractivity contribution in [3.8, 4) is 0 Å². The van der Waals surface area contributed by atoms with E-state index in [4.69, 9.17) is 0 Å². The van der Waals surface area contributed by atoms with Crippen LogP contribution in [0.15, 0.2) is 48.5 Å². The zero-order valence-electron chi connectivity index (χ0n) is 18.9. The van der Waals surface area contributed by atoms with Crippen LogP contribution in [-0.2, 0) is 4.79 Å². The van der Waals surface area contributed by atoms with Gasteiger partial charge in [0.1, 0.15) is 11.9 Å². The van der Waals surface area contributed by atoms with E-state index in [1.165, 1.54) is 18.2 Å². The second-order valence-electron chi connectivity index (χ2n) is 8.99. The molecule has 2 aromatic rings. The Morgan fingerprint density at radius 2 is 1.58 bits per heavy atom. The highest BCUT2D eigenvalue weighted by molar-refractivity contribution is 5.98. The molecule has 3 amide bonds. The molecule has 0 saturated carbocycles. The third-order valence-corrected chi connectivity index (χ3v) is 6.62. The Labute approximate surface area is 193 Å². The van der Waals surface area contributed by atoms with Crippen molar-refractivity contribution in [2.75, 3.05) is 26.2 Å². The molecule has 2 saturated heterocycles. The lowest BCUT2D eigenvalue weighted by molar-refractivity contribution is -0.134. The maximum absolute atomic E-state index is 13.5. The minimum atomic E-state index is -0.623. The number of piperidine rings is 1. The van der Waals surface area contributed by atoms with Crippen LogP contribution in [-0.4, -0.2) is 59.7 Å². The Kier molecular flexibility index (Phi) is 7.06. The molecule has 174 valence electrons. The molecule has 1 atom stereocenters. The molecule has 2 fully saturated rings. The van der Waals surface area contributed by atoms with E-state index in [0.717, 1.165) is 18.4 Å². The fourth-order valence-corrected chi connectivity index (χ4v) is 4.77. The largest absolute Gasteiger partial charge is 0.341 e. The van der Waals surface area contributed by atoms with Crippen LogP contribution >= 0.6 is 0 Å². The molecule has 2 aliphatic heterocycles. The van der Waals surface area contributed by atoms with Crippen LogP contribution in [0.4, 0.5) is 4.39 Å². The molecular formula is C26H30FN3O3. The Bertz CT molecular complexity index is 1030. The van der Waals surface area contributed by atoms with E-state index < -0.39 is 11.9 Å². The van der Waals surface area contributed by atoms with Crippen LogP contribution in [0.5, 0.6) is 0 Å². The lowest BCUT2D eigenvalue weighted by Crippen LogP contribution is -2.54. The predicted octanol–water partition coefficient (Wildman–Crippen LogP) is 3.41. The second kappa shape index (κ2) is 10.1. The Morgan fingerprint density at radius 3 is 2.24 bits per heavy atom. The smallest absolute Gasteiger partial charge is 0.253 e. The van der Waals surface area contributed by atoms with E-state index in [0.29, 0.717) is 50.1 Å². The molecule has 0 aromatic heterocycles. The summed E-state index contributed by atoms with van der Waals surface area (Å²) in [7, 11) is 0. The van der Waals surface area contributed by atoms with Gasteiger partial charge in [0.2, 0.25) is 5.91 Å². The van der Waals surface area contributed by atoms with Crippen molar-refractivity contribution >= 4 is 17.7 Å². The third-order valence-electron chi connectivity index (χ3n) is 6.62. The summed E-state index contributed by atoms with van der Waals surface area (Å²) in [5.41, 5.74) is 1.84. The molecule has 0 radical (unpaired) electrons. The van der Waals surface area contributed by atoms with Gasteiger partial charge < -0.3 is 15.1 Å². The van der Waals surface area contributed by atoms with E-state index in [-0.39, 0.29) is 23.6 Å². The SMILES string of the molecule is Cc1cccc(C(=O)NC(C(=O)N2CCCC2)C2CCN(C(=O)c3cccc(F)c3)CC2)c1. The van der Waals surface area contributed by atoms with Gasteiger partial charge in [-0.05, 0) is 68.9 Å². The highest BCUT2D eigenvalue weighted by Crippen LogP contribution is 2.25. The molecule has 1 N–H and O–H groups in total. The van der Waals surface area contributed by atoms with Crippen molar-refractivity contribution in [2.24, 2.45) is 5.92 Å². The van der Waals surface area contributed by atoms with Gasteiger partial charge in [0.15, 0.2) is 0 Å². The van der Waals surface area contributed by atoms with Crippen LogP contribution in [0, 0.1) is 18.7 Å². The number of aryl methyl sites for hydroxylation is 1. The van der Waals surface area contributed by atoms with E-state index in [2.05, 4.69) is 5.32 Å². The Hall–Kier alpha value is -3.22. The average Bonchev–Trinajstić information content (AvgIpc) is 3.37. The zero-order chi connectivity index (χ0) is 23.4. The number of nitrogens with zero attached hydrogens (tertiary/aromatic N) is 2. The lowest BCUT2D eigenvalue weighted by Gasteiger charge is -2.37. The first kappa shape index (κ1) is 23.0. The van der Waals surface area contributed by atoms with Crippen molar-refractivity contribution < 1.29 is 18.8 Å². The fraction of sp³-hybridized carbons (Fsp3) is 0.423. The molecule has 0 bridgehead atoms. The molecule has 7 heteroatoms. The maximum atomic E-state index is 13.5. The van der Waals surface area contributed by atoms with Crippen LogP contribution in [0.2, 0.25) is 0 Å². The van der Waals surface area contributed by atoms with Crippen LogP contribution < -0.4 is 5.32 Å². The molecule has 4 rings (SSSR count). The number of benzene rings is 2. The minimum Gasteiger partial charge on any atom is -0.341 e. The molecule has 6 nitrogen and oxygen atoms in total. The monoisotopic (exact) mass is 451 g/mol. The first-order valence-electron chi connectivity index (χ1n) is 11.6. The third kappa shape index (κ3) is 5.41. The maximum Gasteiger partial charge on any atom is 0.253 e. The number of carbonyl (C=O) groups is 3. The Balaban J connectivity index is 1.46. The number of hydrogen-bond donors (Lipinski definition) is 1. The number of halogens is 1. The highest BCUT2D eigenvalue weighted by Gasteiger charge is 2.37. The number of likely N-dealkylation sites (tertiary alicyclic amines) is 2. The average molecular weight is 452 g/mol. The van der Waals surface area contributed by atoms with E-state index >= 15 is 0 Å². The summed E-state index contributed by atoms with van der Waals surface area (Å²) in [6, 6.07) is 12.4. The van der Waals surface area contributed by atoms with Gasteiger partial charge in [0, 0.05) is 37.3 Å². The van der Waals surface area contributed by atoms with Gasteiger partial charge in [-0.1, -0.05) is 23.8 Å². The van der Waals surface area contributed by atoms with Gasteiger partial charge in [-0.3, -0.25) is 14.4 Å². The highest BCUT2D eigenvalue weighted by atomic mass is 19.1. The zero-order valence-corrected chi connectivity index (χ0v) is 18.9. The van der Waals surface area contributed by atoms with Gasteiger partial charge in [0.05, 0.1) is 0 Å².